The molecule has 84 valence electrons. The second kappa shape index (κ2) is 5.73. The molecule has 0 saturated carbocycles. The highest BCUT2D eigenvalue weighted by Gasteiger charge is 2.07. The highest BCUT2D eigenvalue weighted by Crippen LogP contribution is 2.23. The van der Waals surface area contributed by atoms with Gasteiger partial charge in [-0.25, -0.2) is 0 Å². The van der Waals surface area contributed by atoms with Crippen LogP contribution in [0.3, 0.4) is 0 Å². The number of ether oxygens (including phenoxy) is 2. The fourth-order valence-electron chi connectivity index (χ4n) is 1.35. The Morgan fingerprint density at radius 2 is 2.13 bits per heavy atom. The number of hydrogen-bond acceptors (Lipinski definition) is 3. The van der Waals surface area contributed by atoms with Crippen molar-refractivity contribution in [1.29, 1.82) is 0 Å². The van der Waals surface area contributed by atoms with Crippen molar-refractivity contribution in [2.75, 3.05) is 13.7 Å². The number of hydrogen-bond donors (Lipinski definition) is 1. The normalized spacial score (nSPS) is 12.5. The van der Waals surface area contributed by atoms with Gasteiger partial charge in [0.05, 0.1) is 6.10 Å². The Morgan fingerprint density at radius 1 is 1.40 bits per heavy atom. The lowest BCUT2D eigenvalue weighted by molar-refractivity contribution is 0.0710. The van der Waals surface area contributed by atoms with Gasteiger partial charge < -0.3 is 15.2 Å². The van der Waals surface area contributed by atoms with E-state index in [0.717, 1.165) is 16.9 Å². The Morgan fingerprint density at radius 3 is 2.73 bits per heavy atom. The van der Waals surface area contributed by atoms with Crippen LogP contribution in [-0.2, 0) is 11.3 Å². The van der Waals surface area contributed by atoms with E-state index in [0.29, 0.717) is 13.2 Å². The van der Waals surface area contributed by atoms with Crippen LogP contribution >= 0.6 is 0 Å². The molecule has 0 aromatic heterocycles. The maximum atomic E-state index is 5.71. The minimum atomic E-state index is 0.0928. The molecule has 1 rings (SSSR count). The van der Waals surface area contributed by atoms with Gasteiger partial charge in [-0.3, -0.25) is 0 Å². The van der Waals surface area contributed by atoms with Crippen molar-refractivity contribution in [3.8, 4) is 5.75 Å². The number of para-hydroxylation sites is 1. The number of methoxy groups -OCH3 is 1. The lowest BCUT2D eigenvalue weighted by Gasteiger charge is -2.15. The molecule has 3 heteroatoms. The predicted molar refractivity (Wildman–Crippen MR) is 61.0 cm³/mol. The molecule has 0 saturated heterocycles. The molecule has 0 fully saturated rings. The minimum absolute atomic E-state index is 0.0928. The zero-order valence-electron chi connectivity index (χ0n) is 9.62. The van der Waals surface area contributed by atoms with Crippen LogP contribution in [0.5, 0.6) is 5.75 Å². The van der Waals surface area contributed by atoms with Gasteiger partial charge in [0.15, 0.2) is 0 Å². The van der Waals surface area contributed by atoms with Crippen LogP contribution in [0.4, 0.5) is 0 Å². The first-order valence-corrected chi connectivity index (χ1v) is 5.13. The monoisotopic (exact) mass is 209 g/mol. The third-order valence-electron chi connectivity index (χ3n) is 2.38. The Bertz CT molecular complexity index is 312. The summed E-state index contributed by atoms with van der Waals surface area (Å²) in [7, 11) is 1.68. The number of nitrogens with two attached hydrogens (primary N) is 1. The third-order valence-corrected chi connectivity index (χ3v) is 2.38. The van der Waals surface area contributed by atoms with Crippen molar-refractivity contribution in [2.45, 2.75) is 26.5 Å². The van der Waals surface area contributed by atoms with E-state index in [9.17, 15) is 0 Å². The second-order valence-electron chi connectivity index (χ2n) is 3.62. The summed E-state index contributed by atoms with van der Waals surface area (Å²) < 4.78 is 10.8. The van der Waals surface area contributed by atoms with Crippen LogP contribution in [0.2, 0.25) is 0 Å². The molecule has 0 heterocycles. The van der Waals surface area contributed by atoms with Gasteiger partial charge in [0, 0.05) is 19.2 Å². The number of aryl methyl sites for hydroxylation is 1. The average Bonchev–Trinajstić information content (AvgIpc) is 2.26. The van der Waals surface area contributed by atoms with Crippen LogP contribution in [-0.4, -0.2) is 19.8 Å². The molecule has 1 atom stereocenters. The van der Waals surface area contributed by atoms with Gasteiger partial charge in [-0.2, -0.15) is 0 Å². The molecule has 1 aromatic carbocycles. The molecule has 0 aliphatic heterocycles. The number of rotatable bonds is 5. The van der Waals surface area contributed by atoms with Crippen molar-refractivity contribution >= 4 is 0 Å². The van der Waals surface area contributed by atoms with Crippen LogP contribution < -0.4 is 10.5 Å². The first-order chi connectivity index (χ1) is 7.19. The van der Waals surface area contributed by atoms with Gasteiger partial charge in [0.2, 0.25) is 0 Å². The molecule has 0 radical (unpaired) electrons. The maximum absolute atomic E-state index is 5.71. The molecule has 0 amide bonds. The van der Waals surface area contributed by atoms with Crippen LogP contribution in [0.25, 0.3) is 0 Å². The molecule has 3 nitrogen and oxygen atoms in total. The molecular formula is C12H19NO2. The topological polar surface area (TPSA) is 44.5 Å². The summed E-state index contributed by atoms with van der Waals surface area (Å²) in [4.78, 5) is 0. The smallest absolute Gasteiger partial charge is 0.126 e. The zero-order chi connectivity index (χ0) is 11.3. The van der Waals surface area contributed by atoms with Gasteiger partial charge >= 0.3 is 0 Å². The van der Waals surface area contributed by atoms with Crippen LogP contribution in [0.1, 0.15) is 18.1 Å². The Hall–Kier alpha value is -1.06. The van der Waals surface area contributed by atoms with Crippen LogP contribution in [0, 0.1) is 6.92 Å². The van der Waals surface area contributed by atoms with Gasteiger partial charge in [-0.15, -0.1) is 0 Å². The summed E-state index contributed by atoms with van der Waals surface area (Å²) in [6.07, 6.45) is 0.0928. The summed E-state index contributed by atoms with van der Waals surface area (Å²) in [6, 6.07) is 6.00. The van der Waals surface area contributed by atoms with Crippen molar-refractivity contribution < 1.29 is 9.47 Å². The molecule has 15 heavy (non-hydrogen) atoms. The van der Waals surface area contributed by atoms with E-state index in [1.165, 1.54) is 0 Å². The van der Waals surface area contributed by atoms with E-state index >= 15 is 0 Å². The summed E-state index contributed by atoms with van der Waals surface area (Å²) >= 11 is 0. The highest BCUT2D eigenvalue weighted by atomic mass is 16.5. The molecular weight excluding hydrogens is 190 g/mol. The summed E-state index contributed by atoms with van der Waals surface area (Å²) in [5, 5.41) is 0. The van der Waals surface area contributed by atoms with E-state index in [4.69, 9.17) is 15.2 Å². The largest absolute Gasteiger partial charge is 0.490 e. The molecule has 0 bridgehead atoms. The maximum Gasteiger partial charge on any atom is 0.126 e. The van der Waals surface area contributed by atoms with Gasteiger partial charge in [-0.05, 0) is 19.4 Å². The standard InChI is InChI=1S/C12H19NO2/c1-9-5-4-6-11(7-13)12(9)15-8-10(2)14-3/h4-6,10H,7-8,13H2,1-3H3. The third kappa shape index (κ3) is 3.22. The SMILES string of the molecule is COC(C)COc1c(C)cccc1CN. The Kier molecular flexibility index (Phi) is 4.59. The second-order valence-corrected chi connectivity index (χ2v) is 3.62. The molecule has 0 aliphatic carbocycles. The van der Waals surface area contributed by atoms with Crippen molar-refractivity contribution in [3.05, 3.63) is 29.3 Å². The summed E-state index contributed by atoms with van der Waals surface area (Å²) in [5.74, 6) is 0.893. The van der Waals surface area contributed by atoms with Gasteiger partial charge in [-0.1, -0.05) is 18.2 Å². The molecule has 0 spiro atoms. The van der Waals surface area contributed by atoms with E-state index in [1.54, 1.807) is 7.11 Å². The highest BCUT2D eigenvalue weighted by molar-refractivity contribution is 5.40. The van der Waals surface area contributed by atoms with E-state index in [-0.39, 0.29) is 6.10 Å². The lowest BCUT2D eigenvalue weighted by Crippen LogP contribution is -2.17. The quantitative estimate of drug-likeness (QED) is 0.805. The average molecular weight is 209 g/mol. The van der Waals surface area contributed by atoms with Crippen molar-refractivity contribution in [1.82, 2.24) is 0 Å². The molecule has 1 aromatic rings. The molecule has 1 unspecified atom stereocenters. The minimum Gasteiger partial charge on any atom is -0.490 e. The lowest BCUT2D eigenvalue weighted by atomic mass is 10.1. The first kappa shape index (κ1) is 12.0. The zero-order valence-corrected chi connectivity index (χ0v) is 9.62. The van der Waals surface area contributed by atoms with Crippen LogP contribution in [0.15, 0.2) is 18.2 Å². The van der Waals surface area contributed by atoms with Crippen molar-refractivity contribution in [3.63, 3.8) is 0 Å². The fraction of sp³-hybridized carbons (Fsp3) is 0.500. The van der Waals surface area contributed by atoms with Gasteiger partial charge in [0.25, 0.3) is 0 Å². The first-order valence-electron chi connectivity index (χ1n) is 5.13. The summed E-state index contributed by atoms with van der Waals surface area (Å²) in [5.41, 5.74) is 7.80. The summed E-state index contributed by atoms with van der Waals surface area (Å²) in [6.45, 7) is 5.04. The van der Waals surface area contributed by atoms with Gasteiger partial charge in [0.1, 0.15) is 12.4 Å². The van der Waals surface area contributed by atoms with Crippen molar-refractivity contribution in [2.24, 2.45) is 5.73 Å². The Balaban J connectivity index is 2.74. The predicted octanol–water partition coefficient (Wildman–Crippen LogP) is 1.87. The van der Waals surface area contributed by atoms with E-state index < -0.39 is 0 Å². The Labute approximate surface area is 91.2 Å². The molecule has 2 N–H and O–H groups in total. The number of benzene rings is 1. The van der Waals surface area contributed by atoms with E-state index in [1.807, 2.05) is 32.0 Å². The fourth-order valence-corrected chi connectivity index (χ4v) is 1.35. The molecule has 0 aliphatic rings. The van der Waals surface area contributed by atoms with E-state index in [2.05, 4.69) is 0 Å².